The van der Waals surface area contributed by atoms with Crippen LogP contribution < -0.4 is 14.4 Å². The summed E-state index contributed by atoms with van der Waals surface area (Å²) in [5.74, 6) is 0.440. The van der Waals surface area contributed by atoms with Crippen molar-refractivity contribution in [1.82, 2.24) is 0 Å². The first-order valence-electron chi connectivity index (χ1n) is 8.28. The van der Waals surface area contributed by atoms with Crippen molar-refractivity contribution in [3.63, 3.8) is 0 Å². The molecular weight excluding hydrogens is 384 g/mol. The molecule has 3 aromatic rings. The molecule has 0 saturated heterocycles. The molecule has 1 amide bonds. The Morgan fingerprint density at radius 1 is 1.19 bits per heavy atom. The van der Waals surface area contributed by atoms with E-state index < -0.39 is 10.0 Å². The fourth-order valence-electron chi connectivity index (χ4n) is 2.80. The summed E-state index contributed by atoms with van der Waals surface area (Å²) in [6.07, 6.45) is 1.18. The standard InChI is InChI=1S/C19H20N2O4S2/c1-4-21(27(3,23)24)15-8-9-17-13(10-15)11-18(26-17)19(22)20-14-6-5-7-16(12-14)25-2/h5-12H,4H2,1-3H3,(H,20,22). The first-order chi connectivity index (χ1) is 12.8. The second kappa shape index (κ2) is 7.58. The number of carbonyl (C=O) groups excluding carboxylic acids is 1. The number of nitrogens with zero attached hydrogens (tertiary/aromatic N) is 1. The number of nitrogens with one attached hydrogen (secondary N) is 1. The lowest BCUT2D eigenvalue weighted by atomic mass is 10.2. The molecule has 0 aliphatic rings. The number of rotatable bonds is 6. The van der Waals surface area contributed by atoms with E-state index in [0.29, 0.717) is 28.5 Å². The maximum absolute atomic E-state index is 12.6. The first kappa shape index (κ1) is 19.2. The van der Waals surface area contributed by atoms with Crippen LogP contribution in [0.1, 0.15) is 16.6 Å². The molecule has 0 radical (unpaired) electrons. The van der Waals surface area contributed by atoms with Crippen LogP contribution in [0.4, 0.5) is 11.4 Å². The minimum absolute atomic E-state index is 0.221. The van der Waals surface area contributed by atoms with Gasteiger partial charge in [0.25, 0.3) is 5.91 Å². The van der Waals surface area contributed by atoms with Crippen molar-refractivity contribution in [3.05, 3.63) is 53.4 Å². The Kier molecular flexibility index (Phi) is 5.38. The molecular formula is C19H20N2O4S2. The zero-order valence-corrected chi connectivity index (χ0v) is 16.9. The second-order valence-corrected chi connectivity index (χ2v) is 8.94. The molecule has 0 spiro atoms. The number of carbonyl (C=O) groups is 1. The molecule has 1 heterocycles. The van der Waals surface area contributed by atoms with Crippen molar-refractivity contribution < 1.29 is 17.9 Å². The maximum Gasteiger partial charge on any atom is 0.265 e. The third-order valence-corrected chi connectivity index (χ3v) is 6.41. The molecule has 2 aromatic carbocycles. The molecule has 142 valence electrons. The Balaban J connectivity index is 1.88. The highest BCUT2D eigenvalue weighted by molar-refractivity contribution is 7.92. The number of benzene rings is 2. The molecule has 0 unspecified atom stereocenters. The predicted molar refractivity (Wildman–Crippen MR) is 111 cm³/mol. The molecule has 0 bridgehead atoms. The largest absolute Gasteiger partial charge is 0.497 e. The fourth-order valence-corrected chi connectivity index (χ4v) is 4.70. The van der Waals surface area contributed by atoms with Gasteiger partial charge >= 0.3 is 0 Å². The number of methoxy groups -OCH3 is 1. The summed E-state index contributed by atoms with van der Waals surface area (Å²) in [6.45, 7) is 2.13. The minimum Gasteiger partial charge on any atom is -0.497 e. The highest BCUT2D eigenvalue weighted by atomic mass is 32.2. The van der Waals surface area contributed by atoms with Crippen molar-refractivity contribution in [3.8, 4) is 5.75 Å². The van der Waals surface area contributed by atoms with Gasteiger partial charge in [0.1, 0.15) is 5.75 Å². The molecule has 3 rings (SSSR count). The van der Waals surface area contributed by atoms with Gasteiger partial charge < -0.3 is 10.1 Å². The van der Waals surface area contributed by atoms with Crippen LogP contribution in [0.25, 0.3) is 10.1 Å². The van der Waals surface area contributed by atoms with Crippen LogP contribution in [0, 0.1) is 0 Å². The smallest absolute Gasteiger partial charge is 0.265 e. The first-order valence-corrected chi connectivity index (χ1v) is 10.9. The van der Waals surface area contributed by atoms with Gasteiger partial charge in [0.2, 0.25) is 10.0 Å². The van der Waals surface area contributed by atoms with E-state index in [9.17, 15) is 13.2 Å². The number of hydrogen-bond acceptors (Lipinski definition) is 5. The van der Waals surface area contributed by atoms with Crippen LogP contribution in [0.15, 0.2) is 48.5 Å². The number of ether oxygens (including phenoxy) is 1. The van der Waals surface area contributed by atoms with Gasteiger partial charge in [0.05, 0.1) is 23.9 Å². The van der Waals surface area contributed by atoms with Gasteiger partial charge in [0.15, 0.2) is 0 Å². The molecule has 6 nitrogen and oxygen atoms in total. The molecule has 27 heavy (non-hydrogen) atoms. The highest BCUT2D eigenvalue weighted by Crippen LogP contribution is 2.31. The number of fused-ring (bicyclic) bond motifs is 1. The van der Waals surface area contributed by atoms with Gasteiger partial charge in [-0.25, -0.2) is 8.42 Å². The third kappa shape index (κ3) is 4.23. The molecule has 0 atom stereocenters. The zero-order valence-electron chi connectivity index (χ0n) is 15.2. The second-order valence-electron chi connectivity index (χ2n) is 5.95. The quantitative estimate of drug-likeness (QED) is 0.675. The van der Waals surface area contributed by atoms with Crippen molar-refractivity contribution in [1.29, 1.82) is 0 Å². The monoisotopic (exact) mass is 404 g/mol. The van der Waals surface area contributed by atoms with Crippen molar-refractivity contribution >= 4 is 48.7 Å². The molecule has 0 aliphatic carbocycles. The number of hydrogen-bond donors (Lipinski definition) is 1. The summed E-state index contributed by atoms with van der Waals surface area (Å²) < 4.78 is 31.3. The number of sulfonamides is 1. The summed E-state index contributed by atoms with van der Waals surface area (Å²) in [5, 5.41) is 3.68. The van der Waals surface area contributed by atoms with Crippen molar-refractivity contribution in [2.24, 2.45) is 0 Å². The van der Waals surface area contributed by atoms with Crippen LogP contribution in [0.5, 0.6) is 5.75 Å². The summed E-state index contributed by atoms with van der Waals surface area (Å²) in [6, 6.07) is 14.3. The average molecular weight is 405 g/mol. The fraction of sp³-hybridized carbons (Fsp3) is 0.211. The SMILES string of the molecule is CCN(c1ccc2sc(C(=O)Nc3cccc(OC)c3)cc2c1)S(C)(=O)=O. The van der Waals surface area contributed by atoms with E-state index in [1.54, 1.807) is 56.5 Å². The van der Waals surface area contributed by atoms with E-state index in [4.69, 9.17) is 4.74 Å². The lowest BCUT2D eigenvalue weighted by Gasteiger charge is -2.20. The van der Waals surface area contributed by atoms with E-state index in [0.717, 1.165) is 10.1 Å². The van der Waals surface area contributed by atoms with E-state index in [-0.39, 0.29) is 5.91 Å². The Bertz CT molecular complexity index is 1090. The molecule has 0 fully saturated rings. The topological polar surface area (TPSA) is 75.7 Å². The van der Waals surface area contributed by atoms with Crippen LogP contribution in [0.2, 0.25) is 0 Å². The van der Waals surface area contributed by atoms with Gasteiger partial charge in [-0.15, -0.1) is 11.3 Å². The summed E-state index contributed by atoms with van der Waals surface area (Å²) in [5.41, 5.74) is 1.23. The molecule has 0 aliphatic heterocycles. The van der Waals surface area contributed by atoms with Crippen molar-refractivity contribution in [2.75, 3.05) is 29.5 Å². The van der Waals surface area contributed by atoms with Gasteiger partial charge in [-0.1, -0.05) is 6.07 Å². The van der Waals surface area contributed by atoms with Gasteiger partial charge in [0, 0.05) is 23.0 Å². The van der Waals surface area contributed by atoms with Crippen LogP contribution in [0.3, 0.4) is 0 Å². The van der Waals surface area contributed by atoms with Crippen molar-refractivity contribution in [2.45, 2.75) is 6.92 Å². The zero-order chi connectivity index (χ0) is 19.6. The number of thiophene rings is 1. The highest BCUT2D eigenvalue weighted by Gasteiger charge is 2.17. The molecule has 0 saturated carbocycles. The van der Waals surface area contributed by atoms with E-state index in [2.05, 4.69) is 5.32 Å². The Morgan fingerprint density at radius 3 is 2.63 bits per heavy atom. The Labute approximate surface area is 162 Å². The Hall–Kier alpha value is -2.58. The summed E-state index contributed by atoms with van der Waals surface area (Å²) in [4.78, 5) is 13.1. The summed E-state index contributed by atoms with van der Waals surface area (Å²) in [7, 11) is -1.78. The van der Waals surface area contributed by atoms with E-state index in [1.807, 2.05) is 6.07 Å². The summed E-state index contributed by atoms with van der Waals surface area (Å²) >= 11 is 1.36. The lowest BCUT2D eigenvalue weighted by Crippen LogP contribution is -2.29. The maximum atomic E-state index is 12.6. The third-order valence-electron chi connectivity index (χ3n) is 4.03. The lowest BCUT2D eigenvalue weighted by molar-refractivity contribution is 0.103. The molecule has 8 heteroatoms. The van der Waals surface area contributed by atoms with Crippen LogP contribution in [-0.2, 0) is 10.0 Å². The van der Waals surface area contributed by atoms with E-state index >= 15 is 0 Å². The number of amides is 1. The number of anilines is 2. The van der Waals surface area contributed by atoms with Gasteiger partial charge in [-0.2, -0.15) is 0 Å². The minimum atomic E-state index is -3.35. The molecule has 1 aromatic heterocycles. The normalized spacial score (nSPS) is 11.4. The van der Waals surface area contributed by atoms with E-state index in [1.165, 1.54) is 21.9 Å². The van der Waals surface area contributed by atoms with Gasteiger partial charge in [-0.3, -0.25) is 9.10 Å². The Morgan fingerprint density at radius 2 is 1.96 bits per heavy atom. The van der Waals surface area contributed by atoms with Crippen LogP contribution in [-0.4, -0.2) is 34.2 Å². The predicted octanol–water partition coefficient (Wildman–Crippen LogP) is 3.95. The average Bonchev–Trinajstić information content (AvgIpc) is 3.05. The molecule has 1 N–H and O–H groups in total. The van der Waals surface area contributed by atoms with Crippen LogP contribution >= 0.6 is 11.3 Å². The van der Waals surface area contributed by atoms with Gasteiger partial charge in [-0.05, 0) is 48.7 Å².